The van der Waals surface area contributed by atoms with E-state index in [0.29, 0.717) is 12.1 Å². The van der Waals surface area contributed by atoms with Gasteiger partial charge in [0.05, 0.1) is 6.04 Å². The maximum Gasteiger partial charge on any atom is 0.331 e. The van der Waals surface area contributed by atoms with Gasteiger partial charge in [-0.05, 0) is 18.6 Å². The number of carbonyl (C=O) groups excluding carboxylic acids is 2. The average Bonchev–Trinajstić information content (AvgIpc) is 2.60. The second kappa shape index (κ2) is 3.73. The van der Waals surface area contributed by atoms with Crippen LogP contribution in [0.15, 0.2) is 42.6 Å². The van der Waals surface area contributed by atoms with Crippen LogP contribution in [0.3, 0.4) is 0 Å². The molecule has 1 saturated heterocycles. The second-order valence-electron chi connectivity index (χ2n) is 4.25. The van der Waals surface area contributed by atoms with Crippen LogP contribution in [0, 0.1) is 0 Å². The summed E-state index contributed by atoms with van der Waals surface area (Å²) in [4.78, 5) is 27.2. The second-order valence-corrected chi connectivity index (χ2v) is 4.25. The van der Waals surface area contributed by atoms with E-state index in [4.69, 9.17) is 0 Å². The van der Waals surface area contributed by atoms with Crippen molar-refractivity contribution in [3.8, 4) is 0 Å². The Morgan fingerprint density at radius 2 is 2.00 bits per heavy atom. The van der Waals surface area contributed by atoms with Crippen molar-refractivity contribution in [2.75, 3.05) is 6.54 Å². The van der Waals surface area contributed by atoms with Crippen LogP contribution in [0.5, 0.6) is 0 Å². The Morgan fingerprint density at radius 3 is 2.71 bits per heavy atom. The van der Waals surface area contributed by atoms with Crippen molar-refractivity contribution in [2.45, 2.75) is 12.5 Å². The molecule has 2 aliphatic heterocycles. The standard InChI is InChI=1S/C13H12N2O2/c16-12(10-5-2-1-3-6-10)15-11-7-4-8-14(9-11)13(15)17/h1-6,8,11H,7,9H2. The van der Waals surface area contributed by atoms with Gasteiger partial charge in [0.1, 0.15) is 0 Å². The van der Waals surface area contributed by atoms with Gasteiger partial charge in [0.25, 0.3) is 5.91 Å². The minimum Gasteiger partial charge on any atom is -0.299 e. The molecule has 17 heavy (non-hydrogen) atoms. The van der Waals surface area contributed by atoms with Crippen LogP contribution >= 0.6 is 0 Å². The third-order valence-corrected chi connectivity index (χ3v) is 3.16. The molecule has 0 aliphatic carbocycles. The number of urea groups is 1. The summed E-state index contributed by atoms with van der Waals surface area (Å²) in [5.41, 5.74) is 0.564. The monoisotopic (exact) mass is 228 g/mol. The minimum absolute atomic E-state index is 0.0137. The summed E-state index contributed by atoms with van der Waals surface area (Å²) in [5, 5.41) is 0. The Morgan fingerprint density at radius 1 is 1.24 bits per heavy atom. The Labute approximate surface area is 99.1 Å². The molecular weight excluding hydrogens is 216 g/mol. The zero-order chi connectivity index (χ0) is 11.8. The maximum atomic E-state index is 12.3. The molecule has 86 valence electrons. The first-order chi connectivity index (χ1) is 8.27. The van der Waals surface area contributed by atoms with Gasteiger partial charge < -0.3 is 0 Å². The molecule has 2 heterocycles. The van der Waals surface area contributed by atoms with Gasteiger partial charge in [-0.1, -0.05) is 24.3 Å². The summed E-state index contributed by atoms with van der Waals surface area (Å²) in [7, 11) is 0. The van der Waals surface area contributed by atoms with E-state index in [1.54, 1.807) is 35.4 Å². The molecule has 0 aromatic heterocycles. The minimum atomic E-state index is -0.211. The smallest absolute Gasteiger partial charge is 0.299 e. The zero-order valence-electron chi connectivity index (χ0n) is 9.24. The van der Waals surface area contributed by atoms with Crippen molar-refractivity contribution in [1.82, 2.24) is 9.80 Å². The molecule has 1 aromatic rings. The van der Waals surface area contributed by atoms with E-state index in [9.17, 15) is 9.59 Å². The maximum absolute atomic E-state index is 12.3. The molecule has 2 aliphatic rings. The van der Waals surface area contributed by atoms with Crippen LogP contribution in [-0.4, -0.2) is 34.3 Å². The topological polar surface area (TPSA) is 40.6 Å². The molecule has 3 rings (SSSR count). The van der Waals surface area contributed by atoms with E-state index < -0.39 is 0 Å². The highest BCUT2D eigenvalue weighted by Crippen LogP contribution is 2.25. The lowest BCUT2D eigenvalue weighted by atomic mass is 10.1. The fourth-order valence-electron chi connectivity index (χ4n) is 2.30. The number of carbonyl (C=O) groups is 2. The molecule has 0 radical (unpaired) electrons. The van der Waals surface area contributed by atoms with Gasteiger partial charge in [0.15, 0.2) is 0 Å². The largest absolute Gasteiger partial charge is 0.331 e. The molecule has 1 aromatic carbocycles. The number of amides is 3. The molecule has 1 unspecified atom stereocenters. The van der Waals surface area contributed by atoms with Crippen LogP contribution in [0.25, 0.3) is 0 Å². The highest BCUT2D eigenvalue weighted by atomic mass is 16.2. The number of imide groups is 1. The normalized spacial score (nSPS) is 22.1. The highest BCUT2D eigenvalue weighted by molar-refractivity contribution is 6.05. The first kappa shape index (κ1) is 10.1. The zero-order valence-corrected chi connectivity index (χ0v) is 9.24. The van der Waals surface area contributed by atoms with Gasteiger partial charge in [-0.25, -0.2) is 4.79 Å². The molecule has 3 amide bonds. The van der Waals surface area contributed by atoms with Gasteiger partial charge in [-0.2, -0.15) is 0 Å². The van der Waals surface area contributed by atoms with E-state index in [2.05, 4.69) is 0 Å². The van der Waals surface area contributed by atoms with Crippen molar-refractivity contribution in [2.24, 2.45) is 0 Å². The van der Waals surface area contributed by atoms with Crippen molar-refractivity contribution in [3.63, 3.8) is 0 Å². The van der Waals surface area contributed by atoms with Crippen molar-refractivity contribution < 1.29 is 9.59 Å². The number of hydrogen-bond donors (Lipinski definition) is 0. The van der Waals surface area contributed by atoms with Gasteiger partial charge >= 0.3 is 6.03 Å². The molecule has 0 N–H and O–H groups in total. The quantitative estimate of drug-likeness (QED) is 0.736. The van der Waals surface area contributed by atoms with Crippen molar-refractivity contribution in [1.29, 1.82) is 0 Å². The number of benzene rings is 1. The fraction of sp³-hybridized carbons (Fsp3) is 0.231. The SMILES string of the molecule is O=C(c1ccccc1)N1C(=O)N2C=CCC1C2. The van der Waals surface area contributed by atoms with E-state index in [1.165, 1.54) is 4.90 Å². The molecular formula is C13H12N2O2. The van der Waals surface area contributed by atoms with E-state index >= 15 is 0 Å². The third kappa shape index (κ3) is 1.53. The highest BCUT2D eigenvalue weighted by Gasteiger charge is 2.41. The molecule has 2 bridgehead atoms. The predicted molar refractivity (Wildman–Crippen MR) is 62.3 cm³/mol. The number of nitrogens with zero attached hydrogens (tertiary/aromatic N) is 2. The van der Waals surface area contributed by atoms with E-state index in [-0.39, 0.29) is 18.0 Å². The number of hydrogen-bond acceptors (Lipinski definition) is 2. The lowest BCUT2D eigenvalue weighted by Crippen LogP contribution is -2.38. The Bertz CT molecular complexity index is 495. The average molecular weight is 228 g/mol. The van der Waals surface area contributed by atoms with Gasteiger partial charge in [-0.15, -0.1) is 0 Å². The Hall–Kier alpha value is -2.10. The van der Waals surface area contributed by atoms with Crippen LogP contribution in [-0.2, 0) is 0 Å². The van der Waals surface area contributed by atoms with Crippen LogP contribution in [0.2, 0.25) is 0 Å². The summed E-state index contributed by atoms with van der Waals surface area (Å²) in [5.74, 6) is -0.202. The lowest BCUT2D eigenvalue weighted by Gasteiger charge is -2.19. The molecule has 4 nitrogen and oxygen atoms in total. The molecule has 1 atom stereocenters. The third-order valence-electron chi connectivity index (χ3n) is 3.16. The van der Waals surface area contributed by atoms with Crippen LogP contribution in [0.1, 0.15) is 16.8 Å². The Kier molecular flexibility index (Phi) is 2.21. The first-order valence-corrected chi connectivity index (χ1v) is 5.63. The van der Waals surface area contributed by atoms with Crippen molar-refractivity contribution in [3.05, 3.63) is 48.2 Å². The van der Waals surface area contributed by atoms with Crippen LogP contribution in [0.4, 0.5) is 4.79 Å². The van der Waals surface area contributed by atoms with E-state index in [0.717, 1.165) is 6.42 Å². The molecule has 0 saturated carbocycles. The molecule has 1 fully saturated rings. The summed E-state index contributed by atoms with van der Waals surface area (Å²) >= 11 is 0. The Balaban J connectivity index is 1.91. The van der Waals surface area contributed by atoms with Gasteiger partial charge in [0, 0.05) is 18.3 Å². The fourth-order valence-corrected chi connectivity index (χ4v) is 2.30. The number of rotatable bonds is 1. The molecule has 0 spiro atoms. The summed E-state index contributed by atoms with van der Waals surface area (Å²) in [6.45, 7) is 0.619. The lowest BCUT2D eigenvalue weighted by molar-refractivity contribution is 0.0786. The van der Waals surface area contributed by atoms with Gasteiger partial charge in [0.2, 0.25) is 0 Å². The van der Waals surface area contributed by atoms with E-state index in [1.807, 2.05) is 12.1 Å². The number of fused-ring (bicyclic) bond motifs is 2. The van der Waals surface area contributed by atoms with Gasteiger partial charge in [-0.3, -0.25) is 14.6 Å². The van der Waals surface area contributed by atoms with Crippen LogP contribution < -0.4 is 0 Å². The summed E-state index contributed by atoms with van der Waals surface area (Å²) < 4.78 is 0. The summed E-state index contributed by atoms with van der Waals surface area (Å²) in [6, 6.07) is 8.71. The first-order valence-electron chi connectivity index (χ1n) is 5.63. The predicted octanol–water partition coefficient (Wildman–Crippen LogP) is 1.85. The summed E-state index contributed by atoms with van der Waals surface area (Å²) in [6.07, 6.45) is 4.45. The van der Waals surface area contributed by atoms with Crippen molar-refractivity contribution >= 4 is 11.9 Å². The molecule has 4 heteroatoms.